The van der Waals surface area contributed by atoms with Crippen LogP contribution in [0.3, 0.4) is 0 Å². The number of hydrogen-bond donors (Lipinski definition) is 2. The zero-order valence-electron chi connectivity index (χ0n) is 18.2. The molecule has 2 rings (SSSR count). The summed E-state index contributed by atoms with van der Waals surface area (Å²) >= 11 is 5.62. The third-order valence-corrected chi connectivity index (χ3v) is 4.30. The van der Waals surface area contributed by atoms with Gasteiger partial charge in [-0.05, 0) is 39.7 Å². The highest BCUT2D eigenvalue weighted by Crippen LogP contribution is 2.24. The number of amides is 1. The molecule has 1 atom stereocenters. The van der Waals surface area contributed by atoms with Gasteiger partial charge in [0.1, 0.15) is 11.9 Å². The lowest BCUT2D eigenvalue weighted by molar-refractivity contribution is -0.119. The molecule has 1 aromatic carbocycles. The highest BCUT2D eigenvalue weighted by molar-refractivity contribution is 6.29. The molecular weight excluding hydrogens is 403 g/mol. The van der Waals surface area contributed by atoms with Crippen LogP contribution >= 0.6 is 11.6 Å². The Morgan fingerprint density at radius 2 is 1.97 bits per heavy atom. The van der Waals surface area contributed by atoms with Gasteiger partial charge in [0.25, 0.3) is 0 Å². The first-order valence-electron chi connectivity index (χ1n) is 9.58. The molecule has 1 amide bonds. The monoisotopic (exact) mass is 434 g/mol. The van der Waals surface area contributed by atoms with Crippen molar-refractivity contribution in [3.8, 4) is 12.3 Å². The Balaban J connectivity index is 0.000000538. The van der Waals surface area contributed by atoms with Crippen LogP contribution in [0.25, 0.3) is 0 Å². The van der Waals surface area contributed by atoms with Crippen LogP contribution in [0, 0.1) is 12.3 Å². The van der Waals surface area contributed by atoms with Crippen molar-refractivity contribution < 1.29 is 13.9 Å². The van der Waals surface area contributed by atoms with Crippen molar-refractivity contribution in [1.29, 1.82) is 0 Å². The molecule has 0 bridgehead atoms. The maximum atomic E-state index is 13.8. The van der Waals surface area contributed by atoms with E-state index in [9.17, 15) is 9.18 Å². The maximum absolute atomic E-state index is 13.8. The highest BCUT2D eigenvalue weighted by atomic mass is 35.5. The number of halogens is 2. The first kappa shape index (κ1) is 27.5. The summed E-state index contributed by atoms with van der Waals surface area (Å²) in [6.07, 6.45) is 6.48. The van der Waals surface area contributed by atoms with Crippen LogP contribution in [0.2, 0.25) is 0 Å². The number of allylic oxidation sites excluding steroid dienone is 5. The quantitative estimate of drug-likeness (QED) is 0.353. The van der Waals surface area contributed by atoms with Crippen molar-refractivity contribution >= 4 is 17.5 Å². The largest absolute Gasteiger partial charge is 0.380 e. The second-order valence-corrected chi connectivity index (χ2v) is 7.21. The van der Waals surface area contributed by atoms with Crippen LogP contribution < -0.4 is 11.1 Å². The summed E-state index contributed by atoms with van der Waals surface area (Å²) in [5, 5.41) is 2.89. The van der Waals surface area contributed by atoms with E-state index in [2.05, 4.69) is 48.5 Å². The third kappa shape index (κ3) is 10.3. The van der Waals surface area contributed by atoms with E-state index < -0.39 is 17.8 Å². The summed E-state index contributed by atoms with van der Waals surface area (Å²) in [7, 11) is 0. The van der Waals surface area contributed by atoms with Gasteiger partial charge in [0, 0.05) is 17.2 Å². The lowest BCUT2D eigenvalue weighted by atomic mass is 9.98. The van der Waals surface area contributed by atoms with Gasteiger partial charge in [0.05, 0.1) is 18.2 Å². The average molecular weight is 435 g/mol. The van der Waals surface area contributed by atoms with Gasteiger partial charge in [-0.3, -0.25) is 4.79 Å². The molecule has 0 radical (unpaired) electrons. The predicted molar refractivity (Wildman–Crippen MR) is 123 cm³/mol. The number of benzene rings is 1. The molecule has 30 heavy (non-hydrogen) atoms. The first-order valence-corrected chi connectivity index (χ1v) is 9.96. The van der Waals surface area contributed by atoms with Crippen LogP contribution in [-0.4, -0.2) is 25.2 Å². The molecule has 0 aliphatic carbocycles. The SMILES string of the molecule is C#CC.C=CCC(/C(F)=C(\C)Cl)=C(/C)NC(C)C(N)=O.c1ccc(C2COC2)cc1. The smallest absolute Gasteiger partial charge is 0.239 e. The summed E-state index contributed by atoms with van der Waals surface area (Å²) in [5.41, 5.74) is 7.43. The number of terminal acetylenes is 1. The van der Waals surface area contributed by atoms with E-state index >= 15 is 0 Å². The van der Waals surface area contributed by atoms with Gasteiger partial charge in [-0.1, -0.05) is 48.0 Å². The number of carbonyl (C=O) groups excluding carboxylic acids is 1. The topological polar surface area (TPSA) is 64.3 Å². The molecule has 4 nitrogen and oxygen atoms in total. The molecule has 6 heteroatoms. The molecule has 1 fully saturated rings. The third-order valence-electron chi connectivity index (χ3n) is 4.14. The van der Waals surface area contributed by atoms with Crippen molar-refractivity contribution in [2.45, 2.75) is 46.1 Å². The van der Waals surface area contributed by atoms with Gasteiger partial charge in [0.2, 0.25) is 5.91 Å². The number of rotatable bonds is 7. The maximum Gasteiger partial charge on any atom is 0.239 e. The summed E-state index contributed by atoms with van der Waals surface area (Å²) in [4.78, 5) is 10.9. The molecule has 1 saturated heterocycles. The lowest BCUT2D eigenvalue weighted by Gasteiger charge is -2.26. The Hall–Kier alpha value is -2.55. The Kier molecular flexibility index (Phi) is 14.0. The fraction of sp³-hybridized carbons (Fsp3) is 0.375. The fourth-order valence-corrected chi connectivity index (χ4v) is 2.51. The second-order valence-electron chi connectivity index (χ2n) is 6.65. The van der Waals surface area contributed by atoms with Crippen LogP contribution in [0.1, 0.15) is 45.6 Å². The predicted octanol–water partition coefficient (Wildman–Crippen LogP) is 5.18. The Bertz CT molecular complexity index is 774. The number of hydrogen-bond acceptors (Lipinski definition) is 3. The molecule has 3 N–H and O–H groups in total. The Morgan fingerprint density at radius 1 is 1.43 bits per heavy atom. The van der Waals surface area contributed by atoms with E-state index in [-0.39, 0.29) is 5.03 Å². The zero-order chi connectivity index (χ0) is 23.1. The summed E-state index contributed by atoms with van der Waals surface area (Å²) in [6.45, 7) is 11.8. The van der Waals surface area contributed by atoms with E-state index in [0.29, 0.717) is 23.6 Å². The van der Waals surface area contributed by atoms with E-state index in [1.165, 1.54) is 12.5 Å². The standard InChI is InChI=1S/C12H18ClFN2O.C9H10O.C3H4/c1-5-6-10(11(14)7(2)13)8(3)16-9(4)12(15)17;1-2-4-8(5-3-1)9-6-10-7-9;1-3-2/h5,9,16H,1,6H2,2-4H3,(H2,15,17);1-5,9H,6-7H2;1H,2H3/b10-8+,11-7-;;. The van der Waals surface area contributed by atoms with Gasteiger partial charge in [0.15, 0.2) is 0 Å². The van der Waals surface area contributed by atoms with Crippen molar-refractivity contribution in [2.24, 2.45) is 5.73 Å². The molecular formula is C24H32ClFN2O2. The van der Waals surface area contributed by atoms with Crippen molar-refractivity contribution in [1.82, 2.24) is 5.32 Å². The fourth-order valence-electron chi connectivity index (χ4n) is 2.40. The Labute approximate surface area is 185 Å². The minimum absolute atomic E-state index is 0.0646. The molecule has 0 saturated carbocycles. The van der Waals surface area contributed by atoms with Gasteiger partial charge in [-0.2, -0.15) is 0 Å². The van der Waals surface area contributed by atoms with E-state index in [1.54, 1.807) is 26.8 Å². The molecule has 1 aromatic rings. The van der Waals surface area contributed by atoms with Crippen LogP contribution in [0.4, 0.5) is 4.39 Å². The number of carbonyl (C=O) groups is 1. The van der Waals surface area contributed by atoms with Crippen molar-refractivity contribution in [3.05, 3.63) is 70.7 Å². The number of nitrogens with two attached hydrogens (primary N) is 1. The van der Waals surface area contributed by atoms with Gasteiger partial charge < -0.3 is 15.8 Å². The molecule has 1 aliphatic rings. The minimum atomic E-state index is -0.571. The van der Waals surface area contributed by atoms with Crippen molar-refractivity contribution in [3.63, 3.8) is 0 Å². The molecule has 0 spiro atoms. The second kappa shape index (κ2) is 15.3. The van der Waals surface area contributed by atoms with Gasteiger partial charge in [-0.15, -0.1) is 18.9 Å². The summed E-state index contributed by atoms with van der Waals surface area (Å²) < 4.78 is 18.9. The molecule has 1 aliphatic heterocycles. The molecule has 164 valence electrons. The number of ether oxygens (including phenoxy) is 1. The first-order chi connectivity index (χ1) is 14.2. The number of primary amides is 1. The van der Waals surface area contributed by atoms with Crippen LogP contribution in [0.5, 0.6) is 0 Å². The molecule has 0 aromatic heterocycles. The van der Waals surface area contributed by atoms with E-state index in [0.717, 1.165) is 13.2 Å². The summed E-state index contributed by atoms with van der Waals surface area (Å²) in [6, 6.07) is 9.95. The summed E-state index contributed by atoms with van der Waals surface area (Å²) in [5.74, 6) is 1.91. The Morgan fingerprint density at radius 3 is 2.33 bits per heavy atom. The van der Waals surface area contributed by atoms with Crippen LogP contribution in [-0.2, 0) is 9.53 Å². The lowest BCUT2D eigenvalue weighted by Crippen LogP contribution is -2.38. The number of nitrogens with one attached hydrogen (secondary N) is 1. The van der Waals surface area contributed by atoms with Gasteiger partial charge >= 0.3 is 0 Å². The van der Waals surface area contributed by atoms with Gasteiger partial charge in [-0.25, -0.2) is 4.39 Å². The zero-order valence-corrected chi connectivity index (χ0v) is 18.9. The molecule has 1 heterocycles. The average Bonchev–Trinajstić information content (AvgIpc) is 2.66. The van der Waals surface area contributed by atoms with E-state index in [1.807, 2.05) is 6.07 Å². The normalized spacial score (nSPS) is 15.2. The van der Waals surface area contributed by atoms with Crippen LogP contribution in [0.15, 0.2) is 65.1 Å². The van der Waals surface area contributed by atoms with E-state index in [4.69, 9.17) is 22.1 Å². The highest BCUT2D eigenvalue weighted by Gasteiger charge is 2.19. The molecule has 1 unspecified atom stereocenters. The minimum Gasteiger partial charge on any atom is -0.380 e. The van der Waals surface area contributed by atoms with Crippen molar-refractivity contribution in [2.75, 3.05) is 13.2 Å².